The molecule has 21 heavy (non-hydrogen) atoms. The fourth-order valence-corrected chi connectivity index (χ4v) is 3.20. The second-order valence-corrected chi connectivity index (χ2v) is 6.58. The van der Waals surface area contributed by atoms with Crippen LogP contribution in [0.25, 0.3) is 0 Å². The van der Waals surface area contributed by atoms with Crippen LogP contribution >= 0.6 is 0 Å². The molecular weight excluding hydrogens is 260 g/mol. The number of nitrogens with one attached hydrogen (secondary N) is 1. The van der Waals surface area contributed by atoms with Crippen molar-refractivity contribution in [2.45, 2.75) is 64.0 Å². The van der Waals surface area contributed by atoms with Crippen LogP contribution in [0.2, 0.25) is 0 Å². The summed E-state index contributed by atoms with van der Waals surface area (Å²) in [6, 6.07) is 9.80. The van der Waals surface area contributed by atoms with Crippen molar-refractivity contribution in [1.82, 2.24) is 5.32 Å². The van der Waals surface area contributed by atoms with Crippen molar-refractivity contribution in [3.63, 3.8) is 0 Å². The molecule has 0 spiro atoms. The van der Waals surface area contributed by atoms with Crippen LogP contribution in [0.15, 0.2) is 30.3 Å². The SMILES string of the molecule is C[C@H](NC(=O)C(C)(N)c1ccccc1)C1CCCCCC1. The molecule has 0 aromatic heterocycles. The van der Waals surface area contributed by atoms with E-state index in [0.717, 1.165) is 5.56 Å². The van der Waals surface area contributed by atoms with Crippen LogP contribution in [0.1, 0.15) is 57.9 Å². The monoisotopic (exact) mass is 288 g/mol. The fourth-order valence-electron chi connectivity index (χ4n) is 3.20. The predicted octanol–water partition coefficient (Wildman–Crippen LogP) is 3.34. The summed E-state index contributed by atoms with van der Waals surface area (Å²) in [4.78, 5) is 12.6. The van der Waals surface area contributed by atoms with E-state index in [4.69, 9.17) is 5.73 Å². The first kappa shape index (κ1) is 16.0. The van der Waals surface area contributed by atoms with Crippen LogP contribution in [0.3, 0.4) is 0 Å². The van der Waals surface area contributed by atoms with Gasteiger partial charge in [-0.25, -0.2) is 0 Å². The number of benzene rings is 1. The van der Waals surface area contributed by atoms with E-state index in [1.54, 1.807) is 6.92 Å². The Labute approximate surface area is 128 Å². The largest absolute Gasteiger partial charge is 0.351 e. The van der Waals surface area contributed by atoms with Crippen molar-refractivity contribution >= 4 is 5.91 Å². The van der Waals surface area contributed by atoms with Gasteiger partial charge in [0.25, 0.3) is 0 Å². The molecule has 0 saturated heterocycles. The van der Waals surface area contributed by atoms with Crippen LogP contribution in [0, 0.1) is 5.92 Å². The maximum atomic E-state index is 12.6. The summed E-state index contributed by atoms with van der Waals surface area (Å²) in [5.74, 6) is 0.508. The van der Waals surface area contributed by atoms with Gasteiger partial charge in [0.05, 0.1) is 0 Å². The molecule has 3 N–H and O–H groups in total. The maximum Gasteiger partial charge on any atom is 0.244 e. The number of hydrogen-bond acceptors (Lipinski definition) is 2. The predicted molar refractivity (Wildman–Crippen MR) is 86.8 cm³/mol. The van der Waals surface area contributed by atoms with Crippen molar-refractivity contribution in [3.8, 4) is 0 Å². The molecule has 1 amide bonds. The third-order valence-electron chi connectivity index (χ3n) is 4.81. The van der Waals surface area contributed by atoms with Gasteiger partial charge in [-0.3, -0.25) is 4.79 Å². The number of nitrogens with two attached hydrogens (primary N) is 1. The highest BCUT2D eigenvalue weighted by molar-refractivity contribution is 5.87. The number of carbonyl (C=O) groups excluding carboxylic acids is 1. The van der Waals surface area contributed by atoms with Crippen LogP contribution in [0.5, 0.6) is 0 Å². The van der Waals surface area contributed by atoms with Gasteiger partial charge in [0.15, 0.2) is 0 Å². The van der Waals surface area contributed by atoms with E-state index in [0.29, 0.717) is 5.92 Å². The van der Waals surface area contributed by atoms with E-state index in [1.165, 1.54) is 38.5 Å². The topological polar surface area (TPSA) is 55.1 Å². The first-order valence-electron chi connectivity index (χ1n) is 8.17. The Morgan fingerprint density at radius 1 is 1.19 bits per heavy atom. The first-order valence-corrected chi connectivity index (χ1v) is 8.17. The Bertz CT molecular complexity index is 448. The van der Waals surface area contributed by atoms with Crippen molar-refractivity contribution in [1.29, 1.82) is 0 Å². The van der Waals surface area contributed by atoms with Gasteiger partial charge in [-0.1, -0.05) is 56.0 Å². The fraction of sp³-hybridized carbons (Fsp3) is 0.611. The molecule has 0 heterocycles. The third kappa shape index (κ3) is 4.07. The number of rotatable bonds is 4. The van der Waals surface area contributed by atoms with Gasteiger partial charge in [0.1, 0.15) is 5.54 Å². The van der Waals surface area contributed by atoms with Gasteiger partial charge in [0.2, 0.25) is 5.91 Å². The van der Waals surface area contributed by atoms with Gasteiger partial charge in [-0.05, 0) is 38.2 Å². The van der Waals surface area contributed by atoms with E-state index in [2.05, 4.69) is 12.2 Å². The number of hydrogen-bond donors (Lipinski definition) is 2. The Morgan fingerprint density at radius 3 is 2.33 bits per heavy atom. The van der Waals surface area contributed by atoms with Crippen LogP contribution in [-0.2, 0) is 10.3 Å². The lowest BCUT2D eigenvalue weighted by molar-refractivity contribution is -0.127. The first-order chi connectivity index (χ1) is 10.0. The lowest BCUT2D eigenvalue weighted by Gasteiger charge is -2.29. The van der Waals surface area contributed by atoms with E-state index < -0.39 is 5.54 Å². The highest BCUT2D eigenvalue weighted by Gasteiger charge is 2.32. The second kappa shape index (κ2) is 7.08. The van der Waals surface area contributed by atoms with Crippen LogP contribution in [0.4, 0.5) is 0 Å². The molecule has 116 valence electrons. The molecule has 3 nitrogen and oxygen atoms in total. The Hall–Kier alpha value is -1.35. The van der Waals surface area contributed by atoms with Crippen molar-refractivity contribution < 1.29 is 4.79 Å². The zero-order valence-corrected chi connectivity index (χ0v) is 13.3. The average Bonchev–Trinajstić information content (AvgIpc) is 2.77. The molecular formula is C18H28N2O. The summed E-state index contributed by atoms with van der Waals surface area (Å²) < 4.78 is 0. The average molecular weight is 288 g/mol. The molecule has 2 rings (SSSR count). The molecule has 1 aromatic carbocycles. The van der Waals surface area contributed by atoms with E-state index in [-0.39, 0.29) is 11.9 Å². The van der Waals surface area contributed by atoms with Gasteiger partial charge in [-0.2, -0.15) is 0 Å². The minimum atomic E-state index is -0.972. The number of amides is 1. The maximum absolute atomic E-state index is 12.6. The molecule has 2 atom stereocenters. The van der Waals surface area contributed by atoms with Crippen molar-refractivity contribution in [2.24, 2.45) is 11.7 Å². The molecule has 3 heteroatoms. The van der Waals surface area contributed by atoms with Gasteiger partial charge in [0, 0.05) is 6.04 Å². The van der Waals surface area contributed by atoms with Crippen molar-refractivity contribution in [3.05, 3.63) is 35.9 Å². The summed E-state index contributed by atoms with van der Waals surface area (Å²) >= 11 is 0. The molecule has 1 aliphatic rings. The zero-order chi connectivity index (χ0) is 15.3. The van der Waals surface area contributed by atoms with E-state index >= 15 is 0 Å². The molecule has 0 bridgehead atoms. The van der Waals surface area contributed by atoms with Gasteiger partial charge < -0.3 is 11.1 Å². The quantitative estimate of drug-likeness (QED) is 0.835. The Balaban J connectivity index is 1.99. The Morgan fingerprint density at radius 2 is 1.76 bits per heavy atom. The smallest absolute Gasteiger partial charge is 0.244 e. The summed E-state index contributed by atoms with van der Waals surface area (Å²) in [5.41, 5.74) is 6.16. The van der Waals surface area contributed by atoms with E-state index in [1.807, 2.05) is 30.3 Å². The lowest BCUT2D eigenvalue weighted by Crippen LogP contribution is -2.52. The Kier molecular flexibility index (Phi) is 5.40. The third-order valence-corrected chi connectivity index (χ3v) is 4.81. The molecule has 1 saturated carbocycles. The molecule has 1 aliphatic carbocycles. The zero-order valence-electron chi connectivity index (χ0n) is 13.3. The molecule has 1 aromatic rings. The van der Waals surface area contributed by atoms with Crippen LogP contribution < -0.4 is 11.1 Å². The highest BCUT2D eigenvalue weighted by atomic mass is 16.2. The summed E-state index contributed by atoms with van der Waals surface area (Å²) in [7, 11) is 0. The molecule has 0 radical (unpaired) electrons. The molecule has 0 aliphatic heterocycles. The molecule has 1 fully saturated rings. The summed E-state index contributed by atoms with van der Waals surface area (Å²) in [5, 5.41) is 3.15. The molecule has 1 unspecified atom stereocenters. The van der Waals surface area contributed by atoms with Gasteiger partial charge in [-0.15, -0.1) is 0 Å². The van der Waals surface area contributed by atoms with Gasteiger partial charge >= 0.3 is 0 Å². The lowest BCUT2D eigenvalue weighted by atomic mass is 9.89. The summed E-state index contributed by atoms with van der Waals surface area (Å²) in [6.07, 6.45) is 7.65. The van der Waals surface area contributed by atoms with Crippen LogP contribution in [-0.4, -0.2) is 11.9 Å². The number of carbonyl (C=O) groups is 1. The highest BCUT2D eigenvalue weighted by Crippen LogP contribution is 2.26. The normalized spacial score (nSPS) is 21.1. The second-order valence-electron chi connectivity index (χ2n) is 6.58. The minimum Gasteiger partial charge on any atom is -0.351 e. The minimum absolute atomic E-state index is 0.0783. The van der Waals surface area contributed by atoms with Crippen molar-refractivity contribution in [2.75, 3.05) is 0 Å². The standard InChI is InChI=1S/C18H28N2O/c1-14(15-10-6-3-4-7-11-15)20-17(21)18(2,19)16-12-8-5-9-13-16/h5,8-9,12-15H,3-4,6-7,10-11,19H2,1-2H3,(H,20,21)/t14-,18?/m0/s1. The summed E-state index contributed by atoms with van der Waals surface area (Å²) in [6.45, 7) is 3.91. The van der Waals surface area contributed by atoms with E-state index in [9.17, 15) is 4.79 Å².